The summed E-state index contributed by atoms with van der Waals surface area (Å²) in [5, 5.41) is 6.45. The van der Waals surface area contributed by atoms with Crippen molar-refractivity contribution in [3.05, 3.63) is 17.2 Å². The number of carbonyl (C=O) groups excluding carboxylic acids is 1. The number of ether oxygens (including phenoxy) is 2. The lowest BCUT2D eigenvalue weighted by molar-refractivity contribution is -0.121. The molecule has 1 unspecified atom stereocenters. The van der Waals surface area contributed by atoms with Gasteiger partial charge in [-0.05, 0) is 13.3 Å². The molecule has 1 atom stereocenters. The van der Waals surface area contributed by atoms with Crippen molar-refractivity contribution in [3.63, 3.8) is 0 Å². The number of hydrogen-bond acceptors (Lipinski definition) is 4. The fourth-order valence-electron chi connectivity index (χ4n) is 1.81. The maximum Gasteiger partial charge on any atom is 0.242 e. The Kier molecular flexibility index (Phi) is 7.15. The topological polar surface area (TPSA) is 59.6 Å². The van der Waals surface area contributed by atoms with Gasteiger partial charge >= 0.3 is 0 Å². The minimum atomic E-state index is -0.387. The number of anilines is 1. The lowest BCUT2D eigenvalue weighted by atomic mass is 10.2. The smallest absolute Gasteiger partial charge is 0.242 e. The average Bonchev–Trinajstić information content (AvgIpc) is 2.48. The van der Waals surface area contributed by atoms with Crippen molar-refractivity contribution in [1.82, 2.24) is 5.32 Å². The standard InChI is InChI=1S/C15H23ClN2O3/c1-5-6-7-17-15(19)10(2)18-12-9-13(20-3)11(16)8-14(12)21-4/h8-10,18H,5-7H2,1-4H3,(H,17,19). The number of unbranched alkanes of at least 4 members (excludes halogenated alkanes) is 1. The highest BCUT2D eigenvalue weighted by molar-refractivity contribution is 6.32. The molecule has 21 heavy (non-hydrogen) atoms. The molecule has 0 radical (unpaired) electrons. The normalized spacial score (nSPS) is 11.7. The van der Waals surface area contributed by atoms with Crippen LogP contribution in [-0.4, -0.2) is 32.7 Å². The second-order valence-corrected chi connectivity index (χ2v) is 5.10. The van der Waals surface area contributed by atoms with Crippen molar-refractivity contribution in [2.75, 3.05) is 26.1 Å². The summed E-state index contributed by atoms with van der Waals surface area (Å²) in [5.74, 6) is 1.03. The number of rotatable bonds is 8. The Hall–Kier alpha value is -1.62. The van der Waals surface area contributed by atoms with Crippen molar-refractivity contribution in [2.24, 2.45) is 0 Å². The zero-order chi connectivity index (χ0) is 15.8. The van der Waals surface area contributed by atoms with E-state index >= 15 is 0 Å². The quantitative estimate of drug-likeness (QED) is 0.724. The molecule has 1 aromatic rings. The van der Waals surface area contributed by atoms with Gasteiger partial charge in [-0.3, -0.25) is 4.79 Å². The van der Waals surface area contributed by atoms with Gasteiger partial charge in [-0.1, -0.05) is 24.9 Å². The van der Waals surface area contributed by atoms with Crippen LogP contribution in [0, 0.1) is 0 Å². The molecular weight excluding hydrogens is 292 g/mol. The third-order valence-corrected chi connectivity index (χ3v) is 3.36. The Morgan fingerprint density at radius 2 is 1.95 bits per heavy atom. The van der Waals surface area contributed by atoms with Crippen LogP contribution < -0.4 is 20.1 Å². The molecule has 1 rings (SSSR count). The third kappa shape index (κ3) is 5.01. The van der Waals surface area contributed by atoms with Crippen LogP contribution in [0.25, 0.3) is 0 Å². The summed E-state index contributed by atoms with van der Waals surface area (Å²) in [6, 6.07) is 2.99. The van der Waals surface area contributed by atoms with Crippen LogP contribution in [0.4, 0.5) is 5.69 Å². The highest BCUT2D eigenvalue weighted by Gasteiger charge is 2.16. The van der Waals surface area contributed by atoms with Crippen LogP contribution in [0.2, 0.25) is 5.02 Å². The summed E-state index contributed by atoms with van der Waals surface area (Å²) < 4.78 is 10.4. The first-order valence-electron chi connectivity index (χ1n) is 6.99. The molecule has 0 saturated heterocycles. The Balaban J connectivity index is 2.78. The molecule has 118 valence electrons. The van der Waals surface area contributed by atoms with Crippen molar-refractivity contribution in [1.29, 1.82) is 0 Å². The van der Waals surface area contributed by atoms with Crippen LogP contribution >= 0.6 is 11.6 Å². The summed E-state index contributed by atoms with van der Waals surface area (Å²) in [4.78, 5) is 12.0. The van der Waals surface area contributed by atoms with E-state index in [1.165, 1.54) is 0 Å². The van der Waals surface area contributed by atoms with E-state index in [9.17, 15) is 4.79 Å². The first-order valence-corrected chi connectivity index (χ1v) is 7.37. The summed E-state index contributed by atoms with van der Waals surface area (Å²) in [6.45, 7) is 4.56. The van der Waals surface area contributed by atoms with Gasteiger partial charge in [0.1, 0.15) is 17.5 Å². The first kappa shape index (κ1) is 17.4. The van der Waals surface area contributed by atoms with Gasteiger partial charge < -0.3 is 20.1 Å². The molecule has 0 saturated carbocycles. The van der Waals surface area contributed by atoms with Crippen molar-refractivity contribution in [3.8, 4) is 11.5 Å². The fraction of sp³-hybridized carbons (Fsp3) is 0.533. The molecule has 0 bridgehead atoms. The summed E-state index contributed by atoms with van der Waals surface area (Å²) in [5.41, 5.74) is 0.664. The van der Waals surface area contributed by atoms with E-state index in [1.54, 1.807) is 33.3 Å². The second-order valence-electron chi connectivity index (χ2n) is 4.70. The van der Waals surface area contributed by atoms with Crippen molar-refractivity contribution >= 4 is 23.2 Å². The van der Waals surface area contributed by atoms with E-state index in [-0.39, 0.29) is 11.9 Å². The number of carbonyl (C=O) groups is 1. The summed E-state index contributed by atoms with van der Waals surface area (Å²) >= 11 is 6.05. The zero-order valence-corrected chi connectivity index (χ0v) is 13.7. The zero-order valence-electron chi connectivity index (χ0n) is 13.0. The molecule has 0 aliphatic carbocycles. The maximum atomic E-state index is 12.0. The lowest BCUT2D eigenvalue weighted by Crippen LogP contribution is -2.38. The van der Waals surface area contributed by atoms with Crippen LogP contribution in [0.15, 0.2) is 12.1 Å². The van der Waals surface area contributed by atoms with E-state index in [0.29, 0.717) is 28.8 Å². The van der Waals surface area contributed by atoms with Gasteiger partial charge in [-0.2, -0.15) is 0 Å². The minimum absolute atomic E-state index is 0.0561. The Labute approximate surface area is 131 Å². The van der Waals surface area contributed by atoms with Gasteiger partial charge in [-0.15, -0.1) is 0 Å². The minimum Gasteiger partial charge on any atom is -0.495 e. The van der Waals surface area contributed by atoms with Crippen LogP contribution in [-0.2, 0) is 4.79 Å². The number of hydrogen-bond donors (Lipinski definition) is 2. The van der Waals surface area contributed by atoms with Gasteiger partial charge in [0, 0.05) is 18.7 Å². The molecule has 5 nitrogen and oxygen atoms in total. The monoisotopic (exact) mass is 314 g/mol. The van der Waals surface area contributed by atoms with Gasteiger partial charge in [-0.25, -0.2) is 0 Å². The van der Waals surface area contributed by atoms with E-state index in [0.717, 1.165) is 12.8 Å². The van der Waals surface area contributed by atoms with Crippen LogP contribution in [0.3, 0.4) is 0 Å². The van der Waals surface area contributed by atoms with E-state index < -0.39 is 0 Å². The molecule has 1 aromatic carbocycles. The molecule has 1 amide bonds. The van der Waals surface area contributed by atoms with E-state index in [1.807, 2.05) is 0 Å². The molecular formula is C15H23ClN2O3. The predicted molar refractivity (Wildman–Crippen MR) is 85.6 cm³/mol. The summed E-state index contributed by atoms with van der Waals surface area (Å²) in [7, 11) is 3.09. The van der Waals surface area contributed by atoms with Crippen molar-refractivity contribution < 1.29 is 14.3 Å². The van der Waals surface area contributed by atoms with Crippen LogP contribution in [0.1, 0.15) is 26.7 Å². The highest BCUT2D eigenvalue weighted by atomic mass is 35.5. The first-order chi connectivity index (χ1) is 10.0. The highest BCUT2D eigenvalue weighted by Crippen LogP contribution is 2.36. The Morgan fingerprint density at radius 1 is 1.29 bits per heavy atom. The van der Waals surface area contributed by atoms with Gasteiger partial charge in [0.2, 0.25) is 5.91 Å². The third-order valence-electron chi connectivity index (χ3n) is 3.07. The lowest BCUT2D eigenvalue weighted by Gasteiger charge is -2.18. The largest absolute Gasteiger partial charge is 0.495 e. The Bertz CT molecular complexity index is 480. The maximum absolute atomic E-state index is 12.0. The van der Waals surface area contributed by atoms with E-state index in [2.05, 4.69) is 17.6 Å². The number of amides is 1. The second kappa shape index (κ2) is 8.62. The number of halogens is 1. The molecule has 0 aliphatic rings. The summed E-state index contributed by atoms with van der Waals surface area (Å²) in [6.07, 6.45) is 2.01. The average molecular weight is 315 g/mol. The van der Waals surface area contributed by atoms with Gasteiger partial charge in [0.15, 0.2) is 0 Å². The van der Waals surface area contributed by atoms with Gasteiger partial charge in [0.25, 0.3) is 0 Å². The molecule has 0 heterocycles. The number of benzene rings is 1. The van der Waals surface area contributed by atoms with Crippen molar-refractivity contribution in [2.45, 2.75) is 32.7 Å². The SMILES string of the molecule is CCCCNC(=O)C(C)Nc1cc(OC)c(Cl)cc1OC. The van der Waals surface area contributed by atoms with Gasteiger partial charge in [0.05, 0.1) is 24.9 Å². The number of nitrogens with one attached hydrogen (secondary N) is 2. The molecule has 2 N–H and O–H groups in total. The molecule has 0 fully saturated rings. The number of methoxy groups -OCH3 is 2. The predicted octanol–water partition coefficient (Wildman–Crippen LogP) is 3.07. The molecule has 0 aromatic heterocycles. The van der Waals surface area contributed by atoms with Crippen LogP contribution in [0.5, 0.6) is 11.5 Å². The molecule has 6 heteroatoms. The van der Waals surface area contributed by atoms with E-state index in [4.69, 9.17) is 21.1 Å². The Morgan fingerprint density at radius 3 is 2.52 bits per heavy atom. The fourth-order valence-corrected chi connectivity index (χ4v) is 2.04. The molecule has 0 spiro atoms. The molecule has 0 aliphatic heterocycles.